The van der Waals surface area contributed by atoms with Crippen LogP contribution >= 0.6 is 11.8 Å². The molecule has 0 heterocycles. The van der Waals surface area contributed by atoms with E-state index in [1.165, 1.54) is 13.2 Å². The van der Waals surface area contributed by atoms with Gasteiger partial charge in [-0.3, -0.25) is 0 Å². The summed E-state index contributed by atoms with van der Waals surface area (Å²) in [5, 5.41) is 3.18. The van der Waals surface area contributed by atoms with Crippen LogP contribution in [0, 0.1) is 0 Å². The first kappa shape index (κ1) is 15.9. The summed E-state index contributed by atoms with van der Waals surface area (Å²) in [6.07, 6.45) is 4.24. The average Bonchev–Trinajstić information content (AvgIpc) is 2.38. The van der Waals surface area contributed by atoms with Crippen LogP contribution in [0.1, 0.15) is 12.8 Å². The Balaban J connectivity index is 2.54. The molecule has 0 spiro atoms. The van der Waals surface area contributed by atoms with E-state index in [1.807, 2.05) is 11.8 Å². The van der Waals surface area contributed by atoms with E-state index in [2.05, 4.69) is 16.3 Å². The molecular formula is C13H19F2NO2S. The van der Waals surface area contributed by atoms with E-state index in [-0.39, 0.29) is 5.75 Å². The maximum absolute atomic E-state index is 12.3. The van der Waals surface area contributed by atoms with Crippen LogP contribution in [-0.2, 0) is 0 Å². The fourth-order valence-corrected chi connectivity index (χ4v) is 2.07. The van der Waals surface area contributed by atoms with Crippen LogP contribution in [0.4, 0.5) is 14.5 Å². The first-order valence-electron chi connectivity index (χ1n) is 6.03. The zero-order valence-electron chi connectivity index (χ0n) is 11.1. The maximum Gasteiger partial charge on any atom is 0.387 e. The lowest BCUT2D eigenvalue weighted by molar-refractivity contribution is -0.0511. The molecule has 1 rings (SSSR count). The molecule has 1 aromatic carbocycles. The summed E-state index contributed by atoms with van der Waals surface area (Å²) in [5.74, 6) is 1.48. The Hall–Kier alpha value is -1.17. The van der Waals surface area contributed by atoms with Crippen LogP contribution in [0.2, 0.25) is 0 Å². The van der Waals surface area contributed by atoms with Gasteiger partial charge in [0.15, 0.2) is 11.5 Å². The summed E-state index contributed by atoms with van der Waals surface area (Å²) in [7, 11) is 1.42. The molecule has 0 fully saturated rings. The Kier molecular flexibility index (Phi) is 7.40. The first-order chi connectivity index (χ1) is 9.17. The molecule has 19 heavy (non-hydrogen) atoms. The van der Waals surface area contributed by atoms with E-state index in [0.29, 0.717) is 5.75 Å². The predicted octanol–water partition coefficient (Wildman–Crippen LogP) is 3.85. The van der Waals surface area contributed by atoms with Gasteiger partial charge in [-0.05, 0) is 37.0 Å². The lowest BCUT2D eigenvalue weighted by atomic mass is 10.2. The van der Waals surface area contributed by atoms with Crippen molar-refractivity contribution in [3.05, 3.63) is 18.2 Å². The lowest BCUT2D eigenvalue weighted by Gasteiger charge is -2.12. The van der Waals surface area contributed by atoms with Crippen molar-refractivity contribution in [2.45, 2.75) is 19.5 Å². The second-order valence-electron chi connectivity index (χ2n) is 3.87. The standard InChI is InChI=1S/C13H19F2NO2S/c1-17-11-6-5-10(9-12(11)18-13(14)15)16-7-3-4-8-19-2/h5-6,9,13,16H,3-4,7-8H2,1-2H3. The number of benzene rings is 1. The summed E-state index contributed by atoms with van der Waals surface area (Å²) in [5.41, 5.74) is 0.751. The number of thioether (sulfide) groups is 1. The molecule has 0 aromatic heterocycles. The minimum Gasteiger partial charge on any atom is -0.493 e. The van der Waals surface area contributed by atoms with E-state index in [0.717, 1.165) is 30.8 Å². The molecule has 0 bridgehead atoms. The third-order valence-corrected chi connectivity index (χ3v) is 3.18. The van der Waals surface area contributed by atoms with Crippen LogP contribution in [0.15, 0.2) is 18.2 Å². The average molecular weight is 291 g/mol. The van der Waals surface area contributed by atoms with Gasteiger partial charge in [0.2, 0.25) is 0 Å². The molecule has 6 heteroatoms. The molecule has 3 nitrogen and oxygen atoms in total. The molecule has 0 saturated heterocycles. The topological polar surface area (TPSA) is 30.5 Å². The van der Waals surface area contributed by atoms with Gasteiger partial charge in [0.1, 0.15) is 0 Å². The van der Waals surface area contributed by atoms with Gasteiger partial charge in [-0.2, -0.15) is 20.5 Å². The SMILES string of the molecule is COc1ccc(NCCCCSC)cc1OC(F)F. The molecular weight excluding hydrogens is 272 g/mol. The van der Waals surface area contributed by atoms with Gasteiger partial charge in [0.05, 0.1) is 7.11 Å². The fourth-order valence-electron chi connectivity index (χ4n) is 1.58. The molecule has 0 aliphatic heterocycles. The molecule has 0 radical (unpaired) electrons. The van der Waals surface area contributed by atoms with Crippen molar-refractivity contribution >= 4 is 17.4 Å². The highest BCUT2D eigenvalue weighted by molar-refractivity contribution is 7.98. The predicted molar refractivity (Wildman–Crippen MR) is 75.7 cm³/mol. The summed E-state index contributed by atoms with van der Waals surface area (Å²) in [6.45, 7) is -2.05. The number of anilines is 1. The molecule has 108 valence electrons. The van der Waals surface area contributed by atoms with Gasteiger partial charge in [-0.25, -0.2) is 0 Å². The number of ether oxygens (including phenoxy) is 2. The van der Waals surface area contributed by atoms with Crippen LogP contribution in [0.25, 0.3) is 0 Å². The van der Waals surface area contributed by atoms with Gasteiger partial charge in [0, 0.05) is 18.3 Å². The van der Waals surface area contributed by atoms with Crippen LogP contribution < -0.4 is 14.8 Å². The molecule has 0 aliphatic rings. The van der Waals surface area contributed by atoms with Crippen LogP contribution in [0.3, 0.4) is 0 Å². The van der Waals surface area contributed by atoms with Crippen molar-refractivity contribution in [1.29, 1.82) is 0 Å². The van der Waals surface area contributed by atoms with Crippen molar-refractivity contribution in [3.63, 3.8) is 0 Å². The second-order valence-corrected chi connectivity index (χ2v) is 4.86. The highest BCUT2D eigenvalue weighted by atomic mass is 32.2. The van der Waals surface area contributed by atoms with Gasteiger partial charge in [-0.1, -0.05) is 0 Å². The number of methoxy groups -OCH3 is 1. The highest BCUT2D eigenvalue weighted by Crippen LogP contribution is 2.31. The van der Waals surface area contributed by atoms with E-state index in [1.54, 1.807) is 12.1 Å². The van der Waals surface area contributed by atoms with Gasteiger partial charge in [-0.15, -0.1) is 0 Å². The van der Waals surface area contributed by atoms with Gasteiger partial charge in [0.25, 0.3) is 0 Å². The van der Waals surface area contributed by atoms with E-state index in [4.69, 9.17) is 4.74 Å². The summed E-state index contributed by atoms with van der Waals surface area (Å²) >= 11 is 1.81. The monoisotopic (exact) mass is 291 g/mol. The third kappa shape index (κ3) is 6.00. The Morgan fingerprint density at radius 3 is 2.68 bits per heavy atom. The van der Waals surface area contributed by atoms with Crippen molar-refractivity contribution in [3.8, 4) is 11.5 Å². The minimum absolute atomic E-state index is 0.0478. The minimum atomic E-state index is -2.86. The van der Waals surface area contributed by atoms with Crippen LogP contribution in [0.5, 0.6) is 11.5 Å². The smallest absolute Gasteiger partial charge is 0.387 e. The van der Waals surface area contributed by atoms with E-state index >= 15 is 0 Å². The number of rotatable bonds is 9. The van der Waals surface area contributed by atoms with E-state index in [9.17, 15) is 8.78 Å². The molecule has 0 unspecified atom stereocenters. The van der Waals surface area contributed by atoms with Crippen molar-refractivity contribution in [2.75, 3.05) is 31.0 Å². The zero-order valence-corrected chi connectivity index (χ0v) is 11.9. The van der Waals surface area contributed by atoms with Crippen molar-refractivity contribution in [1.82, 2.24) is 0 Å². The number of hydrogen-bond acceptors (Lipinski definition) is 4. The van der Waals surface area contributed by atoms with Crippen molar-refractivity contribution in [2.24, 2.45) is 0 Å². The van der Waals surface area contributed by atoms with Crippen molar-refractivity contribution < 1.29 is 18.3 Å². The number of unbranched alkanes of at least 4 members (excludes halogenated alkanes) is 1. The summed E-state index contributed by atoms with van der Waals surface area (Å²) in [6, 6.07) is 4.92. The molecule has 0 atom stereocenters. The Morgan fingerprint density at radius 2 is 2.05 bits per heavy atom. The number of alkyl halides is 2. The molecule has 0 saturated carbocycles. The number of nitrogens with one attached hydrogen (secondary N) is 1. The van der Waals surface area contributed by atoms with Gasteiger partial charge >= 0.3 is 6.61 Å². The molecule has 0 aliphatic carbocycles. The molecule has 0 amide bonds. The summed E-state index contributed by atoms with van der Waals surface area (Å²) < 4.78 is 33.9. The quantitative estimate of drug-likeness (QED) is 0.700. The molecule has 1 N–H and O–H groups in total. The third-order valence-electron chi connectivity index (χ3n) is 2.48. The number of hydrogen-bond donors (Lipinski definition) is 1. The second kappa shape index (κ2) is 8.85. The lowest BCUT2D eigenvalue weighted by Crippen LogP contribution is -2.06. The fraction of sp³-hybridized carbons (Fsp3) is 0.538. The molecule has 1 aromatic rings. The van der Waals surface area contributed by atoms with E-state index < -0.39 is 6.61 Å². The number of halogens is 2. The highest BCUT2D eigenvalue weighted by Gasteiger charge is 2.11. The Labute approximate surface area is 116 Å². The normalized spacial score (nSPS) is 10.6. The largest absolute Gasteiger partial charge is 0.493 e. The van der Waals surface area contributed by atoms with Crippen LogP contribution in [-0.4, -0.2) is 32.3 Å². The maximum atomic E-state index is 12.3. The first-order valence-corrected chi connectivity index (χ1v) is 7.42. The summed E-state index contributed by atoms with van der Waals surface area (Å²) in [4.78, 5) is 0. The zero-order chi connectivity index (χ0) is 14.1. The Morgan fingerprint density at radius 1 is 1.26 bits per heavy atom. The van der Waals surface area contributed by atoms with Gasteiger partial charge < -0.3 is 14.8 Å². The Bertz CT molecular complexity index is 378.